The maximum atomic E-state index is 13.0. The zero-order valence-electron chi connectivity index (χ0n) is 16.4. The van der Waals surface area contributed by atoms with Crippen LogP contribution in [0.15, 0.2) is 35.4 Å². The van der Waals surface area contributed by atoms with Crippen LogP contribution >= 0.6 is 0 Å². The van der Waals surface area contributed by atoms with Gasteiger partial charge in [0.05, 0.1) is 5.92 Å². The summed E-state index contributed by atoms with van der Waals surface area (Å²) in [4.78, 5) is 12.5. The van der Waals surface area contributed by atoms with Gasteiger partial charge < -0.3 is 10.1 Å². The van der Waals surface area contributed by atoms with Gasteiger partial charge in [0, 0.05) is 12.5 Å². The maximum Gasteiger partial charge on any atom is 0.310 e. The molecule has 4 heteroatoms. The van der Waals surface area contributed by atoms with Crippen molar-refractivity contribution in [3.05, 3.63) is 46.8 Å². The van der Waals surface area contributed by atoms with E-state index in [0.717, 1.165) is 31.4 Å². The van der Waals surface area contributed by atoms with E-state index in [1.54, 1.807) is 11.1 Å². The molecule has 0 unspecified atom stereocenters. The van der Waals surface area contributed by atoms with Crippen LogP contribution in [0.25, 0.3) is 0 Å². The van der Waals surface area contributed by atoms with Gasteiger partial charge in [-0.15, -0.1) is 0 Å². The van der Waals surface area contributed by atoms with E-state index in [4.69, 9.17) is 4.74 Å². The summed E-state index contributed by atoms with van der Waals surface area (Å²) in [5, 5.41) is 3.44. The number of nitrogens with one attached hydrogen (secondary N) is 1. The van der Waals surface area contributed by atoms with Crippen molar-refractivity contribution in [2.24, 2.45) is 17.3 Å². The second-order valence-electron chi connectivity index (χ2n) is 8.91. The van der Waals surface area contributed by atoms with Crippen LogP contribution in [0, 0.1) is 23.1 Å². The van der Waals surface area contributed by atoms with Crippen molar-refractivity contribution in [1.29, 1.82) is 0 Å². The van der Waals surface area contributed by atoms with Gasteiger partial charge >= 0.3 is 5.97 Å². The van der Waals surface area contributed by atoms with Gasteiger partial charge in [0.25, 0.3) is 0 Å². The molecule has 3 nitrogen and oxygen atoms in total. The first-order chi connectivity index (χ1) is 13.0. The van der Waals surface area contributed by atoms with Crippen LogP contribution in [0.1, 0.15) is 51.5 Å². The summed E-state index contributed by atoms with van der Waals surface area (Å²) in [6.45, 7) is 6.10. The Morgan fingerprint density at radius 2 is 2.07 bits per heavy atom. The molecule has 0 spiro atoms. The van der Waals surface area contributed by atoms with E-state index in [1.165, 1.54) is 31.4 Å². The molecule has 1 aromatic carbocycles. The van der Waals surface area contributed by atoms with E-state index < -0.39 is 0 Å². The second-order valence-corrected chi connectivity index (χ2v) is 8.91. The summed E-state index contributed by atoms with van der Waals surface area (Å²) in [6.07, 6.45) is 6.61. The Morgan fingerprint density at radius 1 is 1.30 bits per heavy atom. The number of hydrogen-bond acceptors (Lipinski definition) is 3. The molecular weight excluding hydrogens is 341 g/mol. The van der Waals surface area contributed by atoms with Gasteiger partial charge in [-0.3, -0.25) is 4.79 Å². The molecule has 3 aliphatic rings. The molecule has 0 aromatic heterocycles. The Hall–Kier alpha value is -1.68. The average molecular weight is 371 g/mol. The molecule has 0 radical (unpaired) electrons. The van der Waals surface area contributed by atoms with E-state index in [2.05, 4.69) is 19.2 Å². The number of rotatable bonds is 5. The van der Waals surface area contributed by atoms with E-state index in [9.17, 15) is 9.18 Å². The number of fused-ring (bicyclic) bond motifs is 2. The van der Waals surface area contributed by atoms with Gasteiger partial charge in [-0.1, -0.05) is 30.2 Å². The molecule has 4 rings (SSSR count). The number of carbonyl (C=O) groups excluding carboxylic acids is 1. The first-order valence-corrected chi connectivity index (χ1v) is 10.3. The van der Waals surface area contributed by atoms with E-state index in [-0.39, 0.29) is 29.2 Å². The van der Waals surface area contributed by atoms with Crippen molar-refractivity contribution in [3.8, 4) is 0 Å². The maximum absolute atomic E-state index is 13.0. The molecule has 27 heavy (non-hydrogen) atoms. The highest BCUT2D eigenvalue weighted by Gasteiger charge is 2.52. The summed E-state index contributed by atoms with van der Waals surface area (Å²) < 4.78 is 18.8. The third-order valence-electron chi connectivity index (χ3n) is 7.05. The Labute approximate surface area is 161 Å². The molecular formula is C23H30FNO2. The quantitative estimate of drug-likeness (QED) is 0.473. The van der Waals surface area contributed by atoms with Gasteiger partial charge in [0.2, 0.25) is 0 Å². The normalized spacial score (nSPS) is 32.9. The monoisotopic (exact) mass is 371 g/mol. The van der Waals surface area contributed by atoms with Crippen LogP contribution in [0.3, 0.4) is 0 Å². The standard InChI is InChI=1S/C23H30FNO2/c1-15-4-3-10-23(2)13-21-18(12-20(15)23)19(22(26)27-21)14-25-11-9-16-5-7-17(24)8-6-16/h5-8,18-19,21,25H,3-4,9-14H2,1-2H3/t18-,19+,21-,23+/m1/s1. The third kappa shape index (κ3) is 3.69. The Balaban J connectivity index is 1.36. The molecule has 0 amide bonds. The highest BCUT2D eigenvalue weighted by Crippen LogP contribution is 2.54. The lowest BCUT2D eigenvalue weighted by molar-refractivity contribution is -0.145. The number of carbonyl (C=O) groups is 1. The minimum atomic E-state index is -0.205. The minimum Gasteiger partial charge on any atom is -0.462 e. The van der Waals surface area contributed by atoms with Crippen LogP contribution in [0.2, 0.25) is 0 Å². The van der Waals surface area contributed by atoms with Crippen LogP contribution in [0.4, 0.5) is 4.39 Å². The highest BCUT2D eigenvalue weighted by atomic mass is 19.1. The molecule has 4 atom stereocenters. The largest absolute Gasteiger partial charge is 0.462 e. The van der Waals surface area contributed by atoms with Crippen molar-refractivity contribution < 1.29 is 13.9 Å². The van der Waals surface area contributed by atoms with Crippen molar-refractivity contribution in [3.63, 3.8) is 0 Å². The van der Waals surface area contributed by atoms with E-state index >= 15 is 0 Å². The molecule has 1 saturated carbocycles. The Bertz CT molecular complexity index is 741. The summed E-state index contributed by atoms with van der Waals surface area (Å²) in [7, 11) is 0. The first-order valence-electron chi connectivity index (χ1n) is 10.3. The number of benzene rings is 1. The summed E-state index contributed by atoms with van der Waals surface area (Å²) in [5.41, 5.74) is 4.48. The van der Waals surface area contributed by atoms with E-state index in [1.807, 2.05) is 12.1 Å². The van der Waals surface area contributed by atoms with Crippen LogP contribution in [0.5, 0.6) is 0 Å². The molecule has 1 aromatic rings. The van der Waals surface area contributed by atoms with Crippen LogP contribution < -0.4 is 5.32 Å². The third-order valence-corrected chi connectivity index (χ3v) is 7.05. The zero-order chi connectivity index (χ0) is 19.0. The lowest BCUT2D eigenvalue weighted by atomic mass is 9.59. The summed E-state index contributed by atoms with van der Waals surface area (Å²) in [5.74, 6) is 0.0322. The fourth-order valence-corrected chi connectivity index (χ4v) is 5.49. The summed E-state index contributed by atoms with van der Waals surface area (Å²) in [6, 6.07) is 6.62. The molecule has 1 saturated heterocycles. The lowest BCUT2D eigenvalue weighted by Crippen LogP contribution is -2.40. The van der Waals surface area contributed by atoms with Gasteiger partial charge in [-0.2, -0.15) is 0 Å². The topological polar surface area (TPSA) is 38.3 Å². The lowest BCUT2D eigenvalue weighted by Gasteiger charge is -2.45. The summed E-state index contributed by atoms with van der Waals surface area (Å²) >= 11 is 0. The van der Waals surface area contributed by atoms with Gasteiger partial charge in [-0.05, 0) is 75.1 Å². The van der Waals surface area contributed by atoms with Crippen molar-refractivity contribution >= 4 is 5.97 Å². The first kappa shape index (κ1) is 18.7. The molecule has 1 N–H and O–H groups in total. The number of esters is 1. The van der Waals surface area contributed by atoms with Gasteiger partial charge in [0.15, 0.2) is 0 Å². The highest BCUT2D eigenvalue weighted by molar-refractivity contribution is 5.76. The van der Waals surface area contributed by atoms with Crippen molar-refractivity contribution in [1.82, 2.24) is 5.32 Å². The fourth-order valence-electron chi connectivity index (χ4n) is 5.49. The van der Waals surface area contributed by atoms with Gasteiger partial charge in [0.1, 0.15) is 11.9 Å². The average Bonchev–Trinajstić information content (AvgIpc) is 2.92. The zero-order valence-corrected chi connectivity index (χ0v) is 16.4. The SMILES string of the molecule is CC1=C2C[C@@H]3[C@H](CNCCc4ccc(F)cc4)C(=O)O[C@@H]3C[C@]2(C)CCC1. The number of ether oxygens (including phenoxy) is 1. The Kier molecular flexibility index (Phi) is 5.11. The fraction of sp³-hybridized carbons (Fsp3) is 0.609. The molecule has 1 aliphatic heterocycles. The predicted octanol–water partition coefficient (Wildman–Crippen LogP) is 4.42. The van der Waals surface area contributed by atoms with Gasteiger partial charge in [-0.25, -0.2) is 4.39 Å². The molecule has 2 fully saturated rings. The smallest absolute Gasteiger partial charge is 0.310 e. The molecule has 1 heterocycles. The van der Waals surface area contributed by atoms with Crippen LogP contribution in [-0.2, 0) is 16.0 Å². The number of hydrogen-bond donors (Lipinski definition) is 1. The van der Waals surface area contributed by atoms with Crippen molar-refractivity contribution in [2.75, 3.05) is 13.1 Å². The van der Waals surface area contributed by atoms with Crippen molar-refractivity contribution in [2.45, 2.75) is 58.5 Å². The second kappa shape index (κ2) is 7.38. The number of allylic oxidation sites excluding steroid dienone is 2. The van der Waals surface area contributed by atoms with Crippen LogP contribution in [-0.4, -0.2) is 25.2 Å². The Morgan fingerprint density at radius 3 is 2.85 bits per heavy atom. The number of halogens is 1. The molecule has 0 bridgehead atoms. The predicted molar refractivity (Wildman–Crippen MR) is 104 cm³/mol. The molecule has 2 aliphatic carbocycles. The minimum absolute atomic E-state index is 0.0280. The van der Waals surface area contributed by atoms with E-state index in [0.29, 0.717) is 12.5 Å². The molecule has 146 valence electrons.